The molecule has 0 atom stereocenters. The van der Waals surface area contributed by atoms with Gasteiger partial charge in [0.05, 0.1) is 12.2 Å². The standard InChI is InChI=1S/C14H15NOS/c1-15-14(17-3)12-5-4-11-9-13(16-2)7-6-10(11)8-12/h4-9H,1-3H3. The van der Waals surface area contributed by atoms with Crippen LogP contribution >= 0.6 is 11.8 Å². The van der Waals surface area contributed by atoms with E-state index in [0.717, 1.165) is 16.4 Å². The zero-order chi connectivity index (χ0) is 12.3. The van der Waals surface area contributed by atoms with Gasteiger partial charge in [-0.25, -0.2) is 0 Å². The van der Waals surface area contributed by atoms with Crippen LogP contribution in [0.1, 0.15) is 5.56 Å². The van der Waals surface area contributed by atoms with Gasteiger partial charge in [0, 0.05) is 12.6 Å². The van der Waals surface area contributed by atoms with Crippen molar-refractivity contribution in [3.05, 3.63) is 42.0 Å². The molecule has 0 unspecified atom stereocenters. The fourth-order valence-corrected chi connectivity index (χ4v) is 2.37. The molecule has 0 saturated heterocycles. The zero-order valence-corrected chi connectivity index (χ0v) is 11.0. The molecule has 0 fully saturated rings. The monoisotopic (exact) mass is 245 g/mol. The lowest BCUT2D eigenvalue weighted by molar-refractivity contribution is 0.415. The van der Waals surface area contributed by atoms with Gasteiger partial charge in [-0.15, -0.1) is 11.8 Å². The molecular formula is C14H15NOS. The van der Waals surface area contributed by atoms with Crippen molar-refractivity contribution < 1.29 is 4.74 Å². The first-order chi connectivity index (χ1) is 8.28. The quantitative estimate of drug-likeness (QED) is 0.595. The first-order valence-electron chi connectivity index (χ1n) is 5.37. The van der Waals surface area contributed by atoms with Crippen LogP contribution < -0.4 is 4.74 Å². The van der Waals surface area contributed by atoms with Gasteiger partial charge >= 0.3 is 0 Å². The zero-order valence-electron chi connectivity index (χ0n) is 10.2. The summed E-state index contributed by atoms with van der Waals surface area (Å²) in [5, 5.41) is 3.45. The molecule has 0 aliphatic rings. The fraction of sp³-hybridized carbons (Fsp3) is 0.214. The molecule has 2 aromatic carbocycles. The average Bonchev–Trinajstić information content (AvgIpc) is 2.39. The van der Waals surface area contributed by atoms with Crippen molar-refractivity contribution in [3.63, 3.8) is 0 Å². The number of aliphatic imine (C=N–C) groups is 1. The Labute approximate surface area is 106 Å². The summed E-state index contributed by atoms with van der Waals surface area (Å²) in [6.07, 6.45) is 2.04. The van der Waals surface area contributed by atoms with Crippen LogP contribution in [0.25, 0.3) is 10.8 Å². The smallest absolute Gasteiger partial charge is 0.119 e. The summed E-state index contributed by atoms with van der Waals surface area (Å²) < 4.78 is 5.21. The Hall–Kier alpha value is -1.48. The maximum absolute atomic E-state index is 5.21. The molecule has 0 saturated carbocycles. The molecule has 3 heteroatoms. The van der Waals surface area contributed by atoms with E-state index in [-0.39, 0.29) is 0 Å². The lowest BCUT2D eigenvalue weighted by Crippen LogP contribution is -1.94. The number of ether oxygens (including phenoxy) is 1. The Kier molecular flexibility index (Phi) is 3.69. The average molecular weight is 245 g/mol. The molecule has 2 aromatic rings. The number of methoxy groups -OCH3 is 1. The molecule has 0 aromatic heterocycles. The maximum Gasteiger partial charge on any atom is 0.119 e. The molecule has 0 heterocycles. The largest absolute Gasteiger partial charge is 0.497 e. The van der Waals surface area contributed by atoms with Gasteiger partial charge in [0.1, 0.15) is 5.75 Å². The van der Waals surface area contributed by atoms with Crippen molar-refractivity contribution in [2.75, 3.05) is 20.4 Å². The highest BCUT2D eigenvalue weighted by Gasteiger charge is 2.03. The Morgan fingerprint density at radius 2 is 1.82 bits per heavy atom. The van der Waals surface area contributed by atoms with Crippen LogP contribution in [0, 0.1) is 0 Å². The van der Waals surface area contributed by atoms with E-state index in [0.29, 0.717) is 0 Å². The molecule has 0 spiro atoms. The van der Waals surface area contributed by atoms with E-state index in [9.17, 15) is 0 Å². The number of thioether (sulfide) groups is 1. The molecule has 88 valence electrons. The Morgan fingerprint density at radius 3 is 2.47 bits per heavy atom. The minimum atomic E-state index is 0.888. The van der Waals surface area contributed by atoms with Gasteiger partial charge in [-0.1, -0.05) is 18.2 Å². The summed E-state index contributed by atoms with van der Waals surface area (Å²) in [6, 6.07) is 12.5. The van der Waals surface area contributed by atoms with Crippen LogP contribution in [0.5, 0.6) is 5.75 Å². The molecular weight excluding hydrogens is 230 g/mol. The number of hydrogen-bond donors (Lipinski definition) is 0. The van der Waals surface area contributed by atoms with Crippen LogP contribution in [-0.2, 0) is 0 Å². The number of rotatable bonds is 2. The summed E-state index contributed by atoms with van der Waals surface area (Å²) >= 11 is 1.66. The minimum absolute atomic E-state index is 0.888. The first kappa shape index (κ1) is 12.0. The lowest BCUT2D eigenvalue weighted by atomic mass is 10.1. The normalized spacial score (nSPS) is 11.8. The molecule has 0 radical (unpaired) electrons. The second-order valence-electron chi connectivity index (χ2n) is 3.66. The Bertz CT molecular complexity index is 563. The predicted octanol–water partition coefficient (Wildman–Crippen LogP) is 3.59. The SMILES string of the molecule is CN=C(SC)c1ccc2cc(OC)ccc2c1. The highest BCUT2D eigenvalue weighted by atomic mass is 32.2. The van der Waals surface area contributed by atoms with E-state index in [1.807, 2.05) is 25.4 Å². The van der Waals surface area contributed by atoms with E-state index in [1.165, 1.54) is 10.8 Å². The van der Waals surface area contributed by atoms with Gasteiger partial charge in [-0.2, -0.15) is 0 Å². The van der Waals surface area contributed by atoms with Crippen molar-refractivity contribution in [2.24, 2.45) is 4.99 Å². The molecule has 0 aliphatic carbocycles. The van der Waals surface area contributed by atoms with E-state index < -0.39 is 0 Å². The summed E-state index contributed by atoms with van der Waals surface area (Å²) in [5.74, 6) is 0.888. The van der Waals surface area contributed by atoms with Gasteiger partial charge in [0.2, 0.25) is 0 Å². The van der Waals surface area contributed by atoms with Crippen molar-refractivity contribution in [2.45, 2.75) is 0 Å². The molecule has 0 aliphatic heterocycles. The third-order valence-electron chi connectivity index (χ3n) is 2.69. The number of benzene rings is 2. The van der Waals surface area contributed by atoms with Crippen molar-refractivity contribution >= 4 is 27.6 Å². The summed E-state index contributed by atoms with van der Waals surface area (Å²) in [7, 11) is 3.51. The first-order valence-corrected chi connectivity index (χ1v) is 6.60. The minimum Gasteiger partial charge on any atom is -0.497 e. The topological polar surface area (TPSA) is 21.6 Å². The van der Waals surface area contributed by atoms with Crippen LogP contribution in [0.2, 0.25) is 0 Å². The third-order valence-corrected chi connectivity index (χ3v) is 3.50. The Balaban J connectivity index is 2.52. The molecule has 17 heavy (non-hydrogen) atoms. The van der Waals surface area contributed by atoms with E-state index >= 15 is 0 Å². The summed E-state index contributed by atoms with van der Waals surface area (Å²) in [4.78, 5) is 4.27. The second-order valence-corrected chi connectivity index (χ2v) is 4.46. The van der Waals surface area contributed by atoms with Crippen molar-refractivity contribution in [1.29, 1.82) is 0 Å². The highest BCUT2D eigenvalue weighted by Crippen LogP contribution is 2.23. The van der Waals surface area contributed by atoms with Crippen LogP contribution in [-0.4, -0.2) is 25.5 Å². The van der Waals surface area contributed by atoms with Gasteiger partial charge in [-0.3, -0.25) is 4.99 Å². The third kappa shape index (κ3) is 2.44. The Morgan fingerprint density at radius 1 is 1.12 bits per heavy atom. The van der Waals surface area contributed by atoms with Gasteiger partial charge in [-0.05, 0) is 35.2 Å². The number of fused-ring (bicyclic) bond motifs is 1. The van der Waals surface area contributed by atoms with Crippen LogP contribution in [0.3, 0.4) is 0 Å². The molecule has 0 N–H and O–H groups in total. The van der Waals surface area contributed by atoms with Crippen LogP contribution in [0.15, 0.2) is 41.4 Å². The predicted molar refractivity (Wildman–Crippen MR) is 76.5 cm³/mol. The number of nitrogens with zero attached hydrogens (tertiary/aromatic N) is 1. The van der Waals surface area contributed by atoms with E-state index in [4.69, 9.17) is 4.74 Å². The van der Waals surface area contributed by atoms with Gasteiger partial charge in [0.15, 0.2) is 0 Å². The fourth-order valence-electron chi connectivity index (χ4n) is 1.82. The number of hydrogen-bond acceptors (Lipinski definition) is 3. The van der Waals surface area contributed by atoms with E-state index in [2.05, 4.69) is 29.3 Å². The molecule has 0 bridgehead atoms. The maximum atomic E-state index is 5.21. The molecule has 2 nitrogen and oxygen atoms in total. The van der Waals surface area contributed by atoms with Crippen molar-refractivity contribution in [1.82, 2.24) is 0 Å². The molecule has 0 amide bonds. The van der Waals surface area contributed by atoms with E-state index in [1.54, 1.807) is 18.9 Å². The second kappa shape index (κ2) is 5.23. The van der Waals surface area contributed by atoms with Crippen LogP contribution in [0.4, 0.5) is 0 Å². The van der Waals surface area contributed by atoms with Gasteiger partial charge < -0.3 is 4.74 Å². The van der Waals surface area contributed by atoms with Crippen molar-refractivity contribution in [3.8, 4) is 5.75 Å². The lowest BCUT2D eigenvalue weighted by Gasteiger charge is -2.06. The summed E-state index contributed by atoms with van der Waals surface area (Å²) in [6.45, 7) is 0. The summed E-state index contributed by atoms with van der Waals surface area (Å²) in [5.41, 5.74) is 1.16. The highest BCUT2D eigenvalue weighted by molar-refractivity contribution is 8.13. The molecule has 2 rings (SSSR count). The van der Waals surface area contributed by atoms with Gasteiger partial charge in [0.25, 0.3) is 0 Å².